The van der Waals surface area contributed by atoms with Crippen LogP contribution in [-0.2, 0) is 4.79 Å². The summed E-state index contributed by atoms with van der Waals surface area (Å²) in [6, 6.07) is 0. The maximum Gasteiger partial charge on any atom is 0.222 e. The Morgan fingerprint density at radius 2 is 1.84 bits per heavy atom. The van der Waals surface area contributed by atoms with E-state index in [4.69, 9.17) is 4.99 Å². The van der Waals surface area contributed by atoms with Gasteiger partial charge in [-0.3, -0.25) is 14.7 Å². The second-order valence-corrected chi connectivity index (χ2v) is 7.62. The largest absolute Gasteiger partial charge is 0.343 e. The van der Waals surface area contributed by atoms with Gasteiger partial charge in [0.05, 0.1) is 0 Å². The van der Waals surface area contributed by atoms with E-state index >= 15 is 0 Å². The molecule has 0 aromatic rings. The number of carbonyl (C=O) groups is 1. The number of carbonyl (C=O) groups excluding carboxylic acids is 1. The molecule has 1 fully saturated rings. The molecule has 0 saturated carbocycles. The standard InChI is InChI=1S/C21H37N3O/c1-4-12-21(13-7-14-22-21)24-17-10-19(11-18-24)8-9-20(25)23(15-5-2)16-6-3/h7,13-14,19H,4-6,8-12,15-18H2,1-3H3. The van der Waals surface area contributed by atoms with Crippen LogP contribution in [0.25, 0.3) is 0 Å². The Balaban J connectivity index is 1.77. The molecule has 2 aliphatic heterocycles. The quantitative estimate of drug-likeness (QED) is 0.592. The molecule has 4 heteroatoms. The van der Waals surface area contributed by atoms with Crippen LogP contribution in [0.5, 0.6) is 0 Å². The lowest BCUT2D eigenvalue weighted by molar-refractivity contribution is -0.131. The first kappa shape index (κ1) is 20.2. The lowest BCUT2D eigenvalue weighted by Crippen LogP contribution is -2.49. The fraction of sp³-hybridized carbons (Fsp3) is 0.810. The van der Waals surface area contributed by atoms with Gasteiger partial charge in [0.25, 0.3) is 0 Å². The van der Waals surface area contributed by atoms with Gasteiger partial charge in [0.2, 0.25) is 5.91 Å². The van der Waals surface area contributed by atoms with E-state index in [2.05, 4.69) is 42.7 Å². The maximum absolute atomic E-state index is 12.5. The van der Waals surface area contributed by atoms with E-state index in [0.29, 0.717) is 11.8 Å². The normalized spacial score (nSPS) is 24.1. The molecule has 0 aromatic carbocycles. The molecule has 0 spiro atoms. The molecule has 1 amide bonds. The summed E-state index contributed by atoms with van der Waals surface area (Å²) in [6.07, 6.45) is 14.9. The Hall–Kier alpha value is -1.16. The number of aliphatic imine (C=N–C) groups is 1. The number of allylic oxidation sites excluding steroid dienone is 1. The molecule has 0 aliphatic carbocycles. The predicted molar refractivity (Wildman–Crippen MR) is 106 cm³/mol. The molecule has 142 valence electrons. The van der Waals surface area contributed by atoms with Gasteiger partial charge in [-0.1, -0.05) is 27.2 Å². The number of rotatable bonds is 10. The van der Waals surface area contributed by atoms with Gasteiger partial charge in [-0.15, -0.1) is 0 Å². The Kier molecular flexibility index (Phi) is 8.14. The van der Waals surface area contributed by atoms with Crippen molar-refractivity contribution in [1.82, 2.24) is 9.80 Å². The molecule has 1 unspecified atom stereocenters. The SMILES string of the molecule is CCCN(CCC)C(=O)CCC1CCN(C2(CCC)C=CC=N2)CC1. The van der Waals surface area contributed by atoms with Gasteiger partial charge in [-0.05, 0) is 56.6 Å². The van der Waals surface area contributed by atoms with E-state index in [1.807, 2.05) is 6.21 Å². The van der Waals surface area contributed by atoms with Gasteiger partial charge in [0.15, 0.2) is 0 Å². The van der Waals surface area contributed by atoms with Crippen molar-refractivity contribution in [2.75, 3.05) is 26.2 Å². The summed E-state index contributed by atoms with van der Waals surface area (Å²) < 4.78 is 0. The zero-order valence-electron chi connectivity index (χ0n) is 16.5. The highest BCUT2D eigenvalue weighted by atomic mass is 16.2. The third kappa shape index (κ3) is 5.40. The average molecular weight is 348 g/mol. The molecule has 0 radical (unpaired) electrons. The zero-order valence-corrected chi connectivity index (χ0v) is 16.5. The fourth-order valence-corrected chi connectivity index (χ4v) is 4.27. The Morgan fingerprint density at radius 1 is 1.16 bits per heavy atom. The highest BCUT2D eigenvalue weighted by Crippen LogP contribution is 2.33. The first-order valence-electron chi connectivity index (χ1n) is 10.4. The van der Waals surface area contributed by atoms with E-state index in [-0.39, 0.29) is 5.66 Å². The molecule has 1 atom stereocenters. The number of amides is 1. The summed E-state index contributed by atoms with van der Waals surface area (Å²) in [4.78, 5) is 21.8. The zero-order chi connectivity index (χ0) is 18.1. The number of hydrogen-bond donors (Lipinski definition) is 0. The van der Waals surface area contributed by atoms with Crippen LogP contribution in [0, 0.1) is 5.92 Å². The minimum atomic E-state index is -0.0748. The summed E-state index contributed by atoms with van der Waals surface area (Å²) in [5, 5.41) is 0. The van der Waals surface area contributed by atoms with Gasteiger partial charge in [0.1, 0.15) is 5.66 Å². The van der Waals surface area contributed by atoms with Crippen molar-refractivity contribution < 1.29 is 4.79 Å². The average Bonchev–Trinajstić information content (AvgIpc) is 3.10. The van der Waals surface area contributed by atoms with Crippen molar-refractivity contribution in [3.8, 4) is 0 Å². The van der Waals surface area contributed by atoms with E-state index in [9.17, 15) is 4.79 Å². The molecule has 2 rings (SSSR count). The van der Waals surface area contributed by atoms with Gasteiger partial charge in [0, 0.05) is 38.8 Å². The molecule has 2 heterocycles. The summed E-state index contributed by atoms with van der Waals surface area (Å²) in [6.45, 7) is 10.6. The Bertz CT molecular complexity index is 446. The molecule has 4 nitrogen and oxygen atoms in total. The van der Waals surface area contributed by atoms with Crippen LogP contribution in [0.15, 0.2) is 17.1 Å². The molecule has 0 aromatic heterocycles. The lowest BCUT2D eigenvalue weighted by Gasteiger charge is -2.42. The fourth-order valence-electron chi connectivity index (χ4n) is 4.27. The molecular weight excluding hydrogens is 310 g/mol. The monoisotopic (exact) mass is 347 g/mol. The molecule has 0 bridgehead atoms. The van der Waals surface area contributed by atoms with Gasteiger partial charge in [-0.2, -0.15) is 0 Å². The van der Waals surface area contributed by atoms with Crippen LogP contribution in [0.4, 0.5) is 0 Å². The van der Waals surface area contributed by atoms with Crippen molar-refractivity contribution in [2.24, 2.45) is 10.9 Å². The van der Waals surface area contributed by atoms with Gasteiger partial charge >= 0.3 is 0 Å². The minimum absolute atomic E-state index is 0.0748. The summed E-state index contributed by atoms with van der Waals surface area (Å²) in [7, 11) is 0. The van der Waals surface area contributed by atoms with E-state index in [1.54, 1.807) is 0 Å². The van der Waals surface area contributed by atoms with E-state index in [0.717, 1.165) is 64.7 Å². The van der Waals surface area contributed by atoms with Gasteiger partial charge in [-0.25, -0.2) is 0 Å². The third-order valence-corrected chi connectivity index (χ3v) is 5.63. The number of hydrogen-bond acceptors (Lipinski definition) is 3. The van der Waals surface area contributed by atoms with Crippen molar-refractivity contribution in [2.45, 2.75) is 77.8 Å². The molecule has 0 N–H and O–H groups in total. The topological polar surface area (TPSA) is 35.9 Å². The van der Waals surface area contributed by atoms with Crippen LogP contribution in [0.2, 0.25) is 0 Å². The number of piperidine rings is 1. The summed E-state index contributed by atoms with van der Waals surface area (Å²) in [5.74, 6) is 1.05. The smallest absolute Gasteiger partial charge is 0.222 e. The van der Waals surface area contributed by atoms with Crippen LogP contribution in [-0.4, -0.2) is 53.8 Å². The van der Waals surface area contributed by atoms with Crippen molar-refractivity contribution in [3.63, 3.8) is 0 Å². The number of nitrogens with zero attached hydrogens (tertiary/aromatic N) is 3. The van der Waals surface area contributed by atoms with Crippen LogP contribution in [0.1, 0.15) is 72.1 Å². The Labute approximate surface area is 154 Å². The van der Waals surface area contributed by atoms with E-state index in [1.165, 1.54) is 12.8 Å². The molecule has 2 aliphatic rings. The summed E-state index contributed by atoms with van der Waals surface area (Å²) in [5.41, 5.74) is -0.0748. The maximum atomic E-state index is 12.5. The van der Waals surface area contributed by atoms with Gasteiger partial charge < -0.3 is 4.90 Å². The van der Waals surface area contributed by atoms with Crippen molar-refractivity contribution in [3.05, 3.63) is 12.2 Å². The predicted octanol–water partition coefficient (Wildman–Crippen LogP) is 4.26. The van der Waals surface area contributed by atoms with E-state index < -0.39 is 0 Å². The van der Waals surface area contributed by atoms with Crippen molar-refractivity contribution >= 4 is 12.1 Å². The first-order chi connectivity index (χ1) is 12.1. The molecule has 25 heavy (non-hydrogen) atoms. The second kappa shape index (κ2) is 10.1. The van der Waals surface area contributed by atoms with Crippen LogP contribution >= 0.6 is 0 Å². The molecule has 1 saturated heterocycles. The van der Waals surface area contributed by atoms with Crippen LogP contribution < -0.4 is 0 Å². The highest BCUT2D eigenvalue weighted by molar-refractivity contribution is 5.76. The number of likely N-dealkylation sites (tertiary alicyclic amines) is 1. The van der Waals surface area contributed by atoms with Crippen LogP contribution in [0.3, 0.4) is 0 Å². The second-order valence-electron chi connectivity index (χ2n) is 7.62. The Morgan fingerprint density at radius 3 is 2.36 bits per heavy atom. The minimum Gasteiger partial charge on any atom is -0.343 e. The highest BCUT2D eigenvalue weighted by Gasteiger charge is 2.36. The lowest BCUT2D eigenvalue weighted by atomic mass is 9.89. The third-order valence-electron chi connectivity index (χ3n) is 5.63. The van der Waals surface area contributed by atoms with Crippen molar-refractivity contribution in [1.29, 1.82) is 0 Å². The summed E-state index contributed by atoms with van der Waals surface area (Å²) >= 11 is 0. The first-order valence-corrected chi connectivity index (χ1v) is 10.4. The molecular formula is C21H37N3O.